The molecule has 104 valence electrons. The summed E-state index contributed by atoms with van der Waals surface area (Å²) < 4.78 is 1.26. The molecule has 0 fully saturated rings. The van der Waals surface area contributed by atoms with Gasteiger partial charge in [0.1, 0.15) is 6.04 Å². The van der Waals surface area contributed by atoms with Crippen molar-refractivity contribution in [1.29, 1.82) is 0 Å². The molecule has 2 N–H and O–H groups in total. The maximum absolute atomic E-state index is 11.2. The van der Waals surface area contributed by atoms with Crippen LogP contribution in [0.25, 0.3) is 0 Å². The summed E-state index contributed by atoms with van der Waals surface area (Å²) in [5, 5.41) is 22.8. The fraction of sp³-hybridized carbons (Fsp3) is 0.364. The van der Waals surface area contributed by atoms with Crippen LogP contribution in [0.2, 0.25) is 0 Å². The number of anilines is 1. The number of non-ortho nitro benzene ring substituents is 1. The zero-order valence-electron chi connectivity index (χ0n) is 10.2. The van der Waals surface area contributed by atoms with Gasteiger partial charge in [0.15, 0.2) is 0 Å². The lowest BCUT2D eigenvalue weighted by Gasteiger charge is -2.21. The van der Waals surface area contributed by atoms with Gasteiger partial charge in [0.2, 0.25) is 0 Å². The number of carbonyl (C=O) groups is 1. The Morgan fingerprint density at radius 2 is 1.84 bits per heavy atom. The number of rotatable bonds is 5. The number of hydrogen-bond donors (Lipinski definition) is 2. The van der Waals surface area contributed by atoms with Gasteiger partial charge in [-0.1, -0.05) is 13.8 Å². The minimum atomic E-state index is -0.944. The number of nitro benzene ring substituents is 1. The Hall–Kier alpha value is -0.650. The zero-order valence-corrected chi connectivity index (χ0v) is 14.5. The molecule has 0 aliphatic heterocycles. The van der Waals surface area contributed by atoms with Crippen molar-refractivity contribution in [2.45, 2.75) is 19.9 Å². The molecule has 0 saturated heterocycles. The predicted molar refractivity (Wildman–Crippen MR) is 88.4 cm³/mol. The molecule has 6 nitrogen and oxygen atoms in total. The molecule has 1 rings (SSSR count). The maximum Gasteiger partial charge on any atom is 0.326 e. The second-order valence-electron chi connectivity index (χ2n) is 4.25. The van der Waals surface area contributed by atoms with Gasteiger partial charge < -0.3 is 10.4 Å². The molecule has 0 radical (unpaired) electrons. The fourth-order valence-corrected chi connectivity index (χ4v) is 3.52. The van der Waals surface area contributed by atoms with Crippen LogP contribution in [0.5, 0.6) is 0 Å². The summed E-state index contributed by atoms with van der Waals surface area (Å²) in [4.78, 5) is 21.4. The number of carboxylic acid groups (broad SMARTS) is 1. The quantitative estimate of drug-likeness (QED) is 0.376. The standard InChI is InChI=1S/C11H12I2N2O4/c1-5(2)9(11(16)17)14-10-7(12)3-6(15(18)19)4-8(10)13/h3-5,9,14H,1-2H3,(H,16,17). The number of benzene rings is 1. The molecule has 0 aliphatic rings. The Morgan fingerprint density at radius 1 is 1.37 bits per heavy atom. The third-order valence-electron chi connectivity index (χ3n) is 2.47. The Bertz CT molecular complexity index is 496. The molecular formula is C11H12I2N2O4. The summed E-state index contributed by atoms with van der Waals surface area (Å²) in [5.41, 5.74) is 0.615. The molecule has 1 atom stereocenters. The average molecular weight is 490 g/mol. The molecule has 8 heteroatoms. The van der Waals surface area contributed by atoms with Gasteiger partial charge in [-0.2, -0.15) is 0 Å². The molecule has 1 unspecified atom stereocenters. The van der Waals surface area contributed by atoms with E-state index in [9.17, 15) is 14.9 Å². The van der Waals surface area contributed by atoms with E-state index in [0.29, 0.717) is 12.8 Å². The van der Waals surface area contributed by atoms with Crippen molar-refractivity contribution in [1.82, 2.24) is 0 Å². The van der Waals surface area contributed by atoms with Crippen LogP contribution >= 0.6 is 45.2 Å². The van der Waals surface area contributed by atoms with Gasteiger partial charge in [0.05, 0.1) is 10.6 Å². The van der Waals surface area contributed by atoms with E-state index in [-0.39, 0.29) is 11.6 Å². The molecule has 0 saturated carbocycles. The number of aliphatic carboxylic acids is 1. The van der Waals surface area contributed by atoms with E-state index in [1.807, 2.05) is 45.2 Å². The Morgan fingerprint density at radius 3 is 2.16 bits per heavy atom. The maximum atomic E-state index is 11.2. The topological polar surface area (TPSA) is 92.5 Å². The van der Waals surface area contributed by atoms with E-state index in [1.165, 1.54) is 12.1 Å². The largest absolute Gasteiger partial charge is 0.480 e. The number of carboxylic acids is 1. The molecule has 0 amide bonds. The number of nitrogens with one attached hydrogen (secondary N) is 1. The van der Waals surface area contributed by atoms with Gasteiger partial charge in [-0.05, 0) is 51.1 Å². The normalized spacial score (nSPS) is 12.3. The predicted octanol–water partition coefficient (Wildman–Crippen LogP) is 3.33. The Labute approximate surface area is 137 Å². The first-order chi connectivity index (χ1) is 8.73. The molecule has 0 aliphatic carbocycles. The minimum absolute atomic E-state index is 0.00391. The highest BCUT2D eigenvalue weighted by atomic mass is 127. The number of nitro groups is 1. The molecule has 0 spiro atoms. The Balaban J connectivity index is 3.14. The second-order valence-corrected chi connectivity index (χ2v) is 6.57. The summed E-state index contributed by atoms with van der Waals surface area (Å²) in [6.07, 6.45) is 0. The fourth-order valence-electron chi connectivity index (χ4n) is 1.47. The highest BCUT2D eigenvalue weighted by molar-refractivity contribution is 14.1. The Kier molecular flexibility index (Phi) is 5.77. The van der Waals surface area contributed by atoms with Crippen molar-refractivity contribution in [3.63, 3.8) is 0 Å². The van der Waals surface area contributed by atoms with Crippen LogP contribution in [0.3, 0.4) is 0 Å². The van der Waals surface area contributed by atoms with Gasteiger partial charge in [-0.25, -0.2) is 4.79 Å². The highest BCUT2D eigenvalue weighted by Crippen LogP contribution is 2.31. The zero-order chi connectivity index (χ0) is 14.7. The van der Waals surface area contributed by atoms with Crippen LogP contribution in [-0.2, 0) is 4.79 Å². The van der Waals surface area contributed by atoms with E-state index in [2.05, 4.69) is 5.32 Å². The molecular weight excluding hydrogens is 478 g/mol. The van der Waals surface area contributed by atoms with E-state index in [0.717, 1.165) is 0 Å². The SMILES string of the molecule is CC(C)C(Nc1c(I)cc([N+](=O)[O-])cc1I)C(=O)O. The number of hydrogen-bond acceptors (Lipinski definition) is 4. The molecule has 0 aromatic heterocycles. The van der Waals surface area contributed by atoms with Gasteiger partial charge in [0, 0.05) is 19.3 Å². The highest BCUT2D eigenvalue weighted by Gasteiger charge is 2.24. The van der Waals surface area contributed by atoms with Crippen LogP contribution in [0.4, 0.5) is 11.4 Å². The lowest BCUT2D eigenvalue weighted by molar-refractivity contribution is -0.385. The summed E-state index contributed by atoms with van der Waals surface area (Å²) in [6.45, 7) is 3.60. The lowest BCUT2D eigenvalue weighted by atomic mass is 10.0. The van der Waals surface area contributed by atoms with Crippen molar-refractivity contribution in [2.24, 2.45) is 5.92 Å². The average Bonchev–Trinajstić information content (AvgIpc) is 2.26. The summed E-state index contributed by atoms with van der Waals surface area (Å²) >= 11 is 3.92. The third-order valence-corrected chi connectivity index (χ3v) is 4.17. The number of halogens is 2. The van der Waals surface area contributed by atoms with Crippen molar-refractivity contribution < 1.29 is 14.8 Å². The first-order valence-electron chi connectivity index (χ1n) is 5.36. The van der Waals surface area contributed by atoms with Gasteiger partial charge in [-0.15, -0.1) is 0 Å². The van der Waals surface area contributed by atoms with Crippen molar-refractivity contribution >= 4 is 62.5 Å². The van der Waals surface area contributed by atoms with E-state index >= 15 is 0 Å². The lowest BCUT2D eigenvalue weighted by Crippen LogP contribution is -2.34. The molecule has 1 aromatic carbocycles. The molecule has 0 heterocycles. The van der Waals surface area contributed by atoms with Crippen molar-refractivity contribution in [2.75, 3.05) is 5.32 Å². The minimum Gasteiger partial charge on any atom is -0.480 e. The van der Waals surface area contributed by atoms with Crippen LogP contribution < -0.4 is 5.32 Å². The summed E-state index contributed by atoms with van der Waals surface area (Å²) in [6, 6.07) is 2.11. The van der Waals surface area contributed by atoms with E-state index in [4.69, 9.17) is 5.11 Å². The third kappa shape index (κ3) is 4.16. The van der Waals surface area contributed by atoms with E-state index in [1.54, 1.807) is 13.8 Å². The van der Waals surface area contributed by atoms with Crippen LogP contribution in [0.15, 0.2) is 12.1 Å². The summed E-state index contributed by atoms with van der Waals surface area (Å²) in [7, 11) is 0. The van der Waals surface area contributed by atoms with Crippen LogP contribution in [-0.4, -0.2) is 22.0 Å². The smallest absolute Gasteiger partial charge is 0.326 e. The first kappa shape index (κ1) is 16.4. The van der Waals surface area contributed by atoms with E-state index < -0.39 is 16.9 Å². The van der Waals surface area contributed by atoms with Crippen molar-refractivity contribution in [3.05, 3.63) is 29.4 Å². The molecule has 1 aromatic rings. The van der Waals surface area contributed by atoms with Gasteiger partial charge in [0.25, 0.3) is 5.69 Å². The van der Waals surface area contributed by atoms with Gasteiger partial charge >= 0.3 is 5.97 Å². The molecule has 19 heavy (non-hydrogen) atoms. The first-order valence-corrected chi connectivity index (χ1v) is 7.52. The molecule has 0 bridgehead atoms. The van der Waals surface area contributed by atoms with Gasteiger partial charge in [-0.3, -0.25) is 10.1 Å². The van der Waals surface area contributed by atoms with Crippen LogP contribution in [0, 0.1) is 23.2 Å². The van der Waals surface area contributed by atoms with Crippen LogP contribution in [0.1, 0.15) is 13.8 Å². The summed E-state index contributed by atoms with van der Waals surface area (Å²) in [5.74, 6) is -1.04. The monoisotopic (exact) mass is 490 g/mol. The number of nitrogens with zero attached hydrogens (tertiary/aromatic N) is 1. The van der Waals surface area contributed by atoms with Crippen molar-refractivity contribution in [3.8, 4) is 0 Å². The second kappa shape index (κ2) is 6.68.